The summed E-state index contributed by atoms with van der Waals surface area (Å²) in [6, 6.07) is 14.6. The average molecular weight is 446 g/mol. The predicted octanol–water partition coefficient (Wildman–Crippen LogP) is 4.40. The number of benzene rings is 2. The van der Waals surface area contributed by atoms with Crippen molar-refractivity contribution >= 4 is 17.6 Å². The van der Waals surface area contributed by atoms with Crippen LogP contribution < -0.4 is 10.3 Å². The number of pyridine rings is 1. The molecule has 0 aliphatic rings. The Bertz CT molecular complexity index is 1320. The summed E-state index contributed by atoms with van der Waals surface area (Å²) >= 11 is 0. The van der Waals surface area contributed by atoms with Gasteiger partial charge in [-0.05, 0) is 44.0 Å². The lowest BCUT2D eigenvalue weighted by Gasteiger charge is -2.20. The summed E-state index contributed by atoms with van der Waals surface area (Å²) in [6.07, 6.45) is 1.22. The number of hydrogen-bond acceptors (Lipinski definition) is 7. The number of nitro groups is 1. The third-order valence-corrected chi connectivity index (χ3v) is 5.25. The molecule has 1 unspecified atom stereocenters. The summed E-state index contributed by atoms with van der Waals surface area (Å²) in [6.45, 7) is 5.36. The lowest BCUT2D eigenvalue weighted by Crippen LogP contribution is -2.28. The Labute approximate surface area is 190 Å². The topological polar surface area (TPSA) is 131 Å². The minimum Gasteiger partial charge on any atom is -0.494 e. The zero-order valence-electron chi connectivity index (χ0n) is 18.3. The van der Waals surface area contributed by atoms with E-state index in [9.17, 15) is 25.3 Å². The van der Waals surface area contributed by atoms with Crippen molar-refractivity contribution < 1.29 is 14.8 Å². The van der Waals surface area contributed by atoms with Gasteiger partial charge in [-0.2, -0.15) is 5.26 Å². The minimum atomic E-state index is -0.631. The molecule has 0 radical (unpaired) electrons. The molecule has 9 nitrogen and oxygen atoms in total. The van der Waals surface area contributed by atoms with Crippen molar-refractivity contribution in [3.8, 4) is 17.7 Å². The number of ether oxygens (including phenoxy) is 1. The Morgan fingerprint density at radius 2 is 2.00 bits per heavy atom. The molecule has 1 aromatic heterocycles. The van der Waals surface area contributed by atoms with Crippen LogP contribution in [0, 0.1) is 28.4 Å². The molecule has 0 saturated carbocycles. The number of nitro benzene ring substituents is 1. The Kier molecular flexibility index (Phi) is 6.88. The van der Waals surface area contributed by atoms with Crippen molar-refractivity contribution in [2.75, 3.05) is 6.61 Å². The van der Waals surface area contributed by atoms with Gasteiger partial charge in [-0.1, -0.05) is 30.3 Å². The second kappa shape index (κ2) is 9.78. The van der Waals surface area contributed by atoms with Crippen LogP contribution in [0.5, 0.6) is 11.6 Å². The molecule has 3 rings (SSSR count). The number of aliphatic imine (C=N–C) groups is 1. The molecule has 0 aliphatic heterocycles. The Morgan fingerprint density at radius 3 is 2.61 bits per heavy atom. The van der Waals surface area contributed by atoms with Gasteiger partial charge < -0.3 is 9.84 Å². The normalized spacial score (nSPS) is 11.8. The Balaban J connectivity index is 2.17. The summed E-state index contributed by atoms with van der Waals surface area (Å²) < 4.78 is 6.43. The highest BCUT2D eigenvalue weighted by Crippen LogP contribution is 2.32. The highest BCUT2D eigenvalue weighted by Gasteiger charge is 2.22. The predicted molar refractivity (Wildman–Crippen MR) is 124 cm³/mol. The van der Waals surface area contributed by atoms with Crippen molar-refractivity contribution in [1.29, 1.82) is 5.26 Å². The first-order chi connectivity index (χ1) is 15.8. The van der Waals surface area contributed by atoms with Gasteiger partial charge in [0.1, 0.15) is 23.1 Å². The summed E-state index contributed by atoms with van der Waals surface area (Å²) in [5.41, 5.74) is 0.0976. The fraction of sp³-hybridized carbons (Fsp3) is 0.208. The minimum absolute atomic E-state index is 0.0367. The molecule has 0 spiro atoms. The molecule has 1 N–H and O–H groups in total. The molecule has 9 heteroatoms. The van der Waals surface area contributed by atoms with Crippen molar-refractivity contribution in [3.63, 3.8) is 0 Å². The maximum Gasteiger partial charge on any atom is 0.298 e. The molecular formula is C24H22N4O5. The molecule has 0 saturated heterocycles. The van der Waals surface area contributed by atoms with Gasteiger partial charge in [-0.25, -0.2) is 4.99 Å². The molecule has 1 heterocycles. The van der Waals surface area contributed by atoms with Gasteiger partial charge in [-0.3, -0.25) is 19.5 Å². The Hall–Kier alpha value is -4.45. The maximum absolute atomic E-state index is 13.0. The molecule has 168 valence electrons. The molecule has 2 aromatic carbocycles. The van der Waals surface area contributed by atoms with Crippen LogP contribution in [0.25, 0.3) is 0 Å². The van der Waals surface area contributed by atoms with Gasteiger partial charge in [0, 0.05) is 6.21 Å². The van der Waals surface area contributed by atoms with E-state index in [2.05, 4.69) is 4.99 Å². The van der Waals surface area contributed by atoms with Crippen LogP contribution in [-0.2, 0) is 0 Å². The average Bonchev–Trinajstić information content (AvgIpc) is 2.80. The van der Waals surface area contributed by atoms with Gasteiger partial charge in [0.15, 0.2) is 0 Å². The third-order valence-electron chi connectivity index (χ3n) is 5.25. The summed E-state index contributed by atoms with van der Waals surface area (Å²) in [5, 5.41) is 32.1. The largest absolute Gasteiger partial charge is 0.494 e. The SMILES string of the molecule is CCOc1ccc(N=Cc2c(C)c(C#N)c(=O)n(C(C)c3ccccc3)c2O)c([N+](=O)[O-])c1. The number of hydrogen-bond donors (Lipinski definition) is 1. The van der Waals surface area contributed by atoms with E-state index in [1.807, 2.05) is 12.1 Å². The van der Waals surface area contributed by atoms with Gasteiger partial charge in [-0.15, -0.1) is 0 Å². The number of nitriles is 1. The van der Waals surface area contributed by atoms with E-state index >= 15 is 0 Å². The van der Waals surface area contributed by atoms with Gasteiger partial charge >= 0.3 is 0 Å². The molecule has 0 aliphatic carbocycles. The number of aromatic nitrogens is 1. The van der Waals surface area contributed by atoms with Crippen molar-refractivity contribution in [2.24, 2.45) is 4.99 Å². The van der Waals surface area contributed by atoms with Crippen LogP contribution in [0.4, 0.5) is 11.4 Å². The zero-order valence-corrected chi connectivity index (χ0v) is 18.3. The van der Waals surface area contributed by atoms with Crippen LogP contribution >= 0.6 is 0 Å². The second-order valence-corrected chi connectivity index (χ2v) is 7.21. The molecular weight excluding hydrogens is 424 g/mol. The zero-order chi connectivity index (χ0) is 24.1. The van der Waals surface area contributed by atoms with Crippen LogP contribution in [-0.4, -0.2) is 27.4 Å². The highest BCUT2D eigenvalue weighted by molar-refractivity contribution is 5.88. The summed E-state index contributed by atoms with van der Waals surface area (Å²) in [5.74, 6) is -0.0515. The van der Waals surface area contributed by atoms with Crippen molar-refractivity contribution in [3.05, 3.63) is 91.3 Å². The smallest absolute Gasteiger partial charge is 0.298 e. The van der Waals surface area contributed by atoms with E-state index in [-0.39, 0.29) is 33.9 Å². The lowest BCUT2D eigenvalue weighted by molar-refractivity contribution is -0.384. The maximum atomic E-state index is 13.0. The molecule has 3 aromatic rings. The number of rotatable bonds is 7. The quantitative estimate of drug-likeness (QED) is 0.325. The summed E-state index contributed by atoms with van der Waals surface area (Å²) in [7, 11) is 0. The third kappa shape index (κ3) is 4.60. The molecule has 33 heavy (non-hydrogen) atoms. The number of aromatic hydroxyl groups is 1. The first kappa shape index (κ1) is 23.2. The van der Waals surface area contributed by atoms with E-state index in [4.69, 9.17) is 4.74 Å². The molecule has 1 atom stereocenters. The number of nitrogens with zero attached hydrogens (tertiary/aromatic N) is 4. The fourth-order valence-electron chi connectivity index (χ4n) is 3.48. The van der Waals surface area contributed by atoms with Gasteiger partial charge in [0.2, 0.25) is 5.88 Å². The summed E-state index contributed by atoms with van der Waals surface area (Å²) in [4.78, 5) is 28.1. The monoisotopic (exact) mass is 446 g/mol. The van der Waals surface area contributed by atoms with Gasteiger partial charge in [0.25, 0.3) is 11.2 Å². The van der Waals surface area contributed by atoms with Crippen LogP contribution in [0.3, 0.4) is 0 Å². The van der Waals surface area contributed by atoms with E-state index in [1.54, 1.807) is 44.2 Å². The standard InChI is InChI=1S/C24H22N4O5/c1-4-33-18-10-11-21(22(12-18)28(31)32)26-14-20-15(2)19(13-25)23(29)27(24(20)30)16(3)17-8-6-5-7-9-17/h5-12,14,16,30H,4H2,1-3H3. The van der Waals surface area contributed by atoms with Crippen molar-refractivity contribution in [1.82, 2.24) is 4.57 Å². The van der Waals surface area contributed by atoms with Crippen LogP contribution in [0.1, 0.15) is 42.1 Å². The molecule has 0 amide bonds. The lowest BCUT2D eigenvalue weighted by atomic mass is 10.0. The highest BCUT2D eigenvalue weighted by atomic mass is 16.6. The molecule has 0 fully saturated rings. The van der Waals surface area contributed by atoms with Crippen LogP contribution in [0.2, 0.25) is 0 Å². The second-order valence-electron chi connectivity index (χ2n) is 7.21. The van der Waals surface area contributed by atoms with Gasteiger partial charge in [0.05, 0.1) is 29.2 Å². The van der Waals surface area contributed by atoms with Crippen molar-refractivity contribution in [2.45, 2.75) is 26.8 Å². The van der Waals surface area contributed by atoms with E-state index in [1.165, 1.54) is 25.3 Å². The van der Waals surface area contributed by atoms with E-state index in [0.717, 1.165) is 10.1 Å². The Morgan fingerprint density at radius 1 is 1.30 bits per heavy atom. The first-order valence-electron chi connectivity index (χ1n) is 10.2. The fourth-order valence-corrected chi connectivity index (χ4v) is 3.48. The molecule has 0 bridgehead atoms. The van der Waals surface area contributed by atoms with Crippen LogP contribution in [0.15, 0.2) is 58.3 Å². The first-order valence-corrected chi connectivity index (χ1v) is 10.2. The van der Waals surface area contributed by atoms with E-state index in [0.29, 0.717) is 12.4 Å². The van der Waals surface area contributed by atoms with E-state index < -0.39 is 16.5 Å².